The van der Waals surface area contributed by atoms with Crippen molar-refractivity contribution in [3.05, 3.63) is 16.6 Å². The Morgan fingerprint density at radius 1 is 1.75 bits per heavy atom. The van der Waals surface area contributed by atoms with Crippen molar-refractivity contribution in [2.24, 2.45) is 5.73 Å². The van der Waals surface area contributed by atoms with Gasteiger partial charge in [-0.2, -0.15) is 0 Å². The predicted octanol–water partition coefficient (Wildman–Crippen LogP) is 0.338. The summed E-state index contributed by atoms with van der Waals surface area (Å²) < 4.78 is 5.02. The first-order chi connectivity index (χ1) is 7.74. The molecule has 1 rings (SSSR count). The van der Waals surface area contributed by atoms with E-state index in [-0.39, 0.29) is 18.4 Å². The smallest absolute Gasteiger partial charge is 0.246 e. The fourth-order valence-corrected chi connectivity index (χ4v) is 1.83. The van der Waals surface area contributed by atoms with Crippen LogP contribution in [-0.2, 0) is 9.53 Å². The zero-order chi connectivity index (χ0) is 11.8. The second-order valence-electron chi connectivity index (χ2n) is 3.42. The number of carbonyl (C=O) groups is 1. The molecule has 90 valence electrons. The first-order valence-corrected chi connectivity index (χ1v) is 6.06. The molecule has 1 atom stereocenters. The van der Waals surface area contributed by atoms with Crippen LogP contribution in [0.15, 0.2) is 11.6 Å². The summed E-state index contributed by atoms with van der Waals surface area (Å²) in [5, 5.41) is 5.75. The van der Waals surface area contributed by atoms with Crippen molar-refractivity contribution >= 4 is 17.2 Å². The van der Waals surface area contributed by atoms with Gasteiger partial charge in [0.05, 0.1) is 11.6 Å². The van der Waals surface area contributed by atoms with Crippen LogP contribution in [-0.4, -0.2) is 37.2 Å². The number of aromatic nitrogens is 1. The van der Waals surface area contributed by atoms with E-state index in [1.807, 2.05) is 12.3 Å². The Labute approximate surface area is 99.0 Å². The summed E-state index contributed by atoms with van der Waals surface area (Å²) >= 11 is 1.59. The number of nitrogens with zero attached hydrogens (tertiary/aromatic N) is 1. The number of nitrogens with one attached hydrogen (secondary N) is 1. The van der Waals surface area contributed by atoms with Gasteiger partial charge in [0.1, 0.15) is 6.61 Å². The quantitative estimate of drug-likeness (QED) is 0.677. The monoisotopic (exact) mass is 243 g/mol. The molecule has 0 aromatic carbocycles. The van der Waals surface area contributed by atoms with E-state index >= 15 is 0 Å². The minimum atomic E-state index is -0.114. The van der Waals surface area contributed by atoms with Gasteiger partial charge >= 0.3 is 0 Å². The summed E-state index contributed by atoms with van der Waals surface area (Å²) in [6, 6.07) is 0. The van der Waals surface area contributed by atoms with Crippen molar-refractivity contribution in [3.8, 4) is 0 Å². The number of thiazole rings is 1. The van der Waals surface area contributed by atoms with Crippen LogP contribution in [0, 0.1) is 0 Å². The van der Waals surface area contributed by atoms with Crippen LogP contribution >= 0.6 is 11.3 Å². The number of amides is 1. The molecule has 0 radical (unpaired) electrons. The molecular weight excluding hydrogens is 226 g/mol. The second-order valence-corrected chi connectivity index (χ2v) is 4.34. The van der Waals surface area contributed by atoms with Crippen molar-refractivity contribution < 1.29 is 9.53 Å². The van der Waals surface area contributed by atoms with E-state index in [9.17, 15) is 4.79 Å². The summed E-state index contributed by atoms with van der Waals surface area (Å²) in [4.78, 5) is 15.5. The fraction of sp³-hybridized carbons (Fsp3) is 0.600. The zero-order valence-corrected chi connectivity index (χ0v) is 10.1. The minimum absolute atomic E-state index is 0.0712. The fourth-order valence-electron chi connectivity index (χ4n) is 1.13. The maximum atomic E-state index is 11.3. The maximum Gasteiger partial charge on any atom is 0.246 e. The van der Waals surface area contributed by atoms with Crippen molar-refractivity contribution in [2.75, 3.05) is 26.3 Å². The van der Waals surface area contributed by atoms with Gasteiger partial charge in [-0.1, -0.05) is 6.92 Å². The first kappa shape index (κ1) is 13.1. The molecule has 0 saturated heterocycles. The van der Waals surface area contributed by atoms with Crippen LogP contribution in [0.2, 0.25) is 0 Å². The normalized spacial score (nSPS) is 12.4. The summed E-state index contributed by atoms with van der Waals surface area (Å²) in [6.45, 7) is 3.53. The van der Waals surface area contributed by atoms with E-state index in [0.717, 1.165) is 5.01 Å². The van der Waals surface area contributed by atoms with Crippen molar-refractivity contribution in [1.29, 1.82) is 0 Å². The van der Waals surface area contributed by atoms with E-state index in [4.69, 9.17) is 10.5 Å². The summed E-state index contributed by atoms with van der Waals surface area (Å²) in [6.07, 6.45) is 1.77. The number of hydrogen-bond acceptors (Lipinski definition) is 5. The molecule has 0 spiro atoms. The first-order valence-electron chi connectivity index (χ1n) is 5.18. The number of ether oxygens (including phenoxy) is 1. The number of carbonyl (C=O) groups excluding carboxylic acids is 1. The van der Waals surface area contributed by atoms with Crippen LogP contribution in [0.5, 0.6) is 0 Å². The Morgan fingerprint density at radius 2 is 2.56 bits per heavy atom. The molecule has 0 saturated carbocycles. The summed E-state index contributed by atoms with van der Waals surface area (Å²) in [7, 11) is 0. The van der Waals surface area contributed by atoms with Gasteiger partial charge in [0.2, 0.25) is 5.91 Å². The van der Waals surface area contributed by atoms with Crippen LogP contribution in [0.3, 0.4) is 0 Å². The average Bonchev–Trinajstić information content (AvgIpc) is 2.79. The number of hydrogen-bond donors (Lipinski definition) is 2. The molecule has 5 nitrogen and oxygen atoms in total. The van der Waals surface area contributed by atoms with Gasteiger partial charge in [0, 0.05) is 30.6 Å². The Morgan fingerprint density at radius 3 is 3.19 bits per heavy atom. The molecule has 1 heterocycles. The Bertz CT molecular complexity index is 303. The molecular formula is C10H17N3O2S. The highest BCUT2D eigenvalue weighted by Gasteiger charge is 2.09. The van der Waals surface area contributed by atoms with Gasteiger partial charge in [-0.25, -0.2) is 4.98 Å². The summed E-state index contributed by atoms with van der Waals surface area (Å²) in [5.74, 6) is 0.121. The number of rotatable bonds is 7. The highest BCUT2D eigenvalue weighted by molar-refractivity contribution is 7.09. The van der Waals surface area contributed by atoms with Gasteiger partial charge in [-0.15, -0.1) is 11.3 Å². The molecule has 1 aromatic rings. The predicted molar refractivity (Wildman–Crippen MR) is 63.4 cm³/mol. The van der Waals surface area contributed by atoms with Crippen molar-refractivity contribution in [3.63, 3.8) is 0 Å². The van der Waals surface area contributed by atoms with E-state index < -0.39 is 0 Å². The van der Waals surface area contributed by atoms with E-state index in [2.05, 4.69) is 10.3 Å². The van der Waals surface area contributed by atoms with Crippen LogP contribution in [0.4, 0.5) is 0 Å². The zero-order valence-electron chi connectivity index (χ0n) is 9.31. The Hall–Kier alpha value is -0.980. The van der Waals surface area contributed by atoms with Gasteiger partial charge in [0.15, 0.2) is 0 Å². The van der Waals surface area contributed by atoms with Gasteiger partial charge in [-0.3, -0.25) is 4.79 Å². The lowest BCUT2D eigenvalue weighted by atomic mass is 10.2. The summed E-state index contributed by atoms with van der Waals surface area (Å²) in [5.41, 5.74) is 5.24. The van der Waals surface area contributed by atoms with Crippen LogP contribution in [0.1, 0.15) is 17.8 Å². The second kappa shape index (κ2) is 7.32. The molecule has 0 aliphatic heterocycles. The molecule has 1 unspecified atom stereocenters. The van der Waals surface area contributed by atoms with Crippen LogP contribution < -0.4 is 11.1 Å². The van der Waals surface area contributed by atoms with E-state index in [0.29, 0.717) is 19.7 Å². The molecule has 0 fully saturated rings. The van der Waals surface area contributed by atoms with Crippen molar-refractivity contribution in [2.45, 2.75) is 12.8 Å². The average molecular weight is 243 g/mol. The molecule has 3 N–H and O–H groups in total. The van der Waals surface area contributed by atoms with Gasteiger partial charge in [0.25, 0.3) is 0 Å². The molecule has 1 aromatic heterocycles. The van der Waals surface area contributed by atoms with Crippen molar-refractivity contribution in [1.82, 2.24) is 10.3 Å². The maximum absolute atomic E-state index is 11.3. The Kier molecular flexibility index (Phi) is 5.99. The lowest BCUT2D eigenvalue weighted by molar-refractivity contribution is -0.125. The number of nitrogens with two attached hydrogens (primary N) is 1. The third kappa shape index (κ3) is 4.69. The molecule has 6 heteroatoms. The SMILES string of the molecule is CC(CNC(=O)COCCN)c1nccs1. The highest BCUT2D eigenvalue weighted by atomic mass is 32.1. The van der Waals surface area contributed by atoms with Gasteiger partial charge in [-0.05, 0) is 0 Å². The third-order valence-electron chi connectivity index (χ3n) is 1.97. The minimum Gasteiger partial charge on any atom is -0.370 e. The molecule has 0 aliphatic carbocycles. The van der Waals surface area contributed by atoms with Gasteiger partial charge < -0.3 is 15.8 Å². The third-order valence-corrected chi connectivity index (χ3v) is 2.98. The largest absolute Gasteiger partial charge is 0.370 e. The lowest BCUT2D eigenvalue weighted by Crippen LogP contribution is -2.31. The van der Waals surface area contributed by atoms with Crippen LogP contribution in [0.25, 0.3) is 0 Å². The van der Waals surface area contributed by atoms with E-state index in [1.165, 1.54) is 0 Å². The molecule has 1 amide bonds. The highest BCUT2D eigenvalue weighted by Crippen LogP contribution is 2.16. The lowest BCUT2D eigenvalue weighted by Gasteiger charge is -2.10. The standard InChI is InChI=1S/C10H17N3O2S/c1-8(10-12-3-5-16-10)6-13-9(14)7-15-4-2-11/h3,5,8H,2,4,6-7,11H2,1H3,(H,13,14). The Balaban J connectivity index is 2.16. The van der Waals surface area contributed by atoms with E-state index in [1.54, 1.807) is 17.5 Å². The topological polar surface area (TPSA) is 77.2 Å². The molecule has 16 heavy (non-hydrogen) atoms. The molecule has 0 bridgehead atoms. The molecule has 0 aliphatic rings.